The van der Waals surface area contributed by atoms with Crippen molar-refractivity contribution >= 4 is 11.6 Å². The summed E-state index contributed by atoms with van der Waals surface area (Å²) in [6.07, 6.45) is 7.92. The second-order valence-corrected chi connectivity index (χ2v) is 6.22. The molecule has 1 aliphatic carbocycles. The third-order valence-electron chi connectivity index (χ3n) is 4.24. The lowest BCUT2D eigenvalue weighted by Gasteiger charge is -2.37. The summed E-state index contributed by atoms with van der Waals surface area (Å²) in [5, 5.41) is 0. The van der Waals surface area contributed by atoms with Gasteiger partial charge < -0.3 is 14.2 Å². The lowest BCUT2D eigenvalue weighted by Crippen LogP contribution is -2.39. The Bertz CT molecular complexity index is 279. The maximum Gasteiger partial charge on any atom is 0.160 e. The zero-order chi connectivity index (χ0) is 14.2. The van der Waals surface area contributed by atoms with E-state index in [1.807, 2.05) is 0 Å². The molecule has 0 radical (unpaired) electrons. The molecule has 0 aromatic rings. The molecular formula is C16H27ClO3. The highest BCUT2D eigenvalue weighted by Gasteiger charge is 2.31. The predicted octanol–water partition coefficient (Wildman–Crippen LogP) is 3.96. The molecule has 3 nitrogen and oxygen atoms in total. The van der Waals surface area contributed by atoms with Crippen LogP contribution in [0.15, 0.2) is 11.6 Å². The minimum absolute atomic E-state index is 0.00152. The van der Waals surface area contributed by atoms with E-state index in [1.165, 1.54) is 25.7 Å². The summed E-state index contributed by atoms with van der Waals surface area (Å²) in [6, 6.07) is 0. The summed E-state index contributed by atoms with van der Waals surface area (Å²) in [7, 11) is 0. The van der Waals surface area contributed by atoms with Gasteiger partial charge in [-0.25, -0.2) is 0 Å². The van der Waals surface area contributed by atoms with Gasteiger partial charge in [0.15, 0.2) is 6.29 Å². The highest BCUT2D eigenvalue weighted by atomic mass is 35.5. The van der Waals surface area contributed by atoms with E-state index < -0.39 is 0 Å². The van der Waals surface area contributed by atoms with Crippen LogP contribution in [0.4, 0.5) is 0 Å². The molecule has 0 aromatic heterocycles. The van der Waals surface area contributed by atoms with Crippen molar-refractivity contribution < 1.29 is 14.2 Å². The van der Waals surface area contributed by atoms with Crippen LogP contribution in [0.3, 0.4) is 0 Å². The molecular weight excluding hydrogens is 276 g/mol. The smallest absolute Gasteiger partial charge is 0.160 e. The van der Waals surface area contributed by atoms with Crippen molar-refractivity contribution in [3.63, 3.8) is 0 Å². The quantitative estimate of drug-likeness (QED) is 0.695. The number of hydrogen-bond acceptors (Lipinski definition) is 3. The largest absolute Gasteiger partial charge is 0.381 e. The number of hydrogen-bond donors (Lipinski definition) is 0. The van der Waals surface area contributed by atoms with Crippen LogP contribution < -0.4 is 0 Å². The minimum atomic E-state index is -0.00152. The molecule has 4 heteroatoms. The Morgan fingerprint density at radius 3 is 2.45 bits per heavy atom. The van der Waals surface area contributed by atoms with Crippen molar-refractivity contribution in [2.24, 2.45) is 17.8 Å². The predicted molar refractivity (Wildman–Crippen MR) is 80.7 cm³/mol. The molecule has 116 valence electrons. The normalized spacial score (nSPS) is 35.5. The Morgan fingerprint density at radius 2 is 1.85 bits per heavy atom. The molecule has 1 saturated carbocycles. The maximum absolute atomic E-state index is 5.91. The van der Waals surface area contributed by atoms with E-state index in [-0.39, 0.29) is 6.29 Å². The standard InChI is InChI=1S/C16H27ClO3/c1-2-9-18-10-14-11-19-16(20-12-14)15-5-3-13(4-6-15)7-8-17/h7-8,13-16H,2-6,9-12H2,1H3. The van der Waals surface area contributed by atoms with Crippen LogP contribution in [0.5, 0.6) is 0 Å². The highest BCUT2D eigenvalue weighted by Crippen LogP contribution is 2.34. The molecule has 0 spiro atoms. The van der Waals surface area contributed by atoms with Crippen LogP contribution in [0.25, 0.3) is 0 Å². The molecule has 20 heavy (non-hydrogen) atoms. The molecule has 2 rings (SSSR count). The van der Waals surface area contributed by atoms with E-state index in [1.54, 1.807) is 5.54 Å². The van der Waals surface area contributed by atoms with Crippen LogP contribution in [-0.4, -0.2) is 32.7 Å². The second-order valence-electron chi connectivity index (χ2n) is 5.97. The van der Waals surface area contributed by atoms with E-state index in [0.717, 1.165) is 32.8 Å². The summed E-state index contributed by atoms with van der Waals surface area (Å²) in [5.41, 5.74) is 1.65. The summed E-state index contributed by atoms with van der Waals surface area (Å²) in [4.78, 5) is 0. The molecule has 0 aromatic carbocycles. The molecule has 1 aliphatic heterocycles. The first kappa shape index (κ1) is 16.3. The first-order chi connectivity index (χ1) is 9.83. The first-order valence-electron chi connectivity index (χ1n) is 7.91. The summed E-state index contributed by atoms with van der Waals surface area (Å²) < 4.78 is 17.4. The molecule has 0 N–H and O–H groups in total. The van der Waals surface area contributed by atoms with Crippen LogP contribution in [-0.2, 0) is 14.2 Å². The van der Waals surface area contributed by atoms with Gasteiger partial charge in [-0.05, 0) is 38.0 Å². The fraction of sp³-hybridized carbons (Fsp3) is 0.875. The maximum atomic E-state index is 5.91. The number of halogens is 1. The number of rotatable bonds is 6. The van der Waals surface area contributed by atoms with Crippen molar-refractivity contribution in [2.45, 2.75) is 45.3 Å². The first-order valence-corrected chi connectivity index (χ1v) is 8.35. The number of allylic oxidation sites excluding steroid dienone is 1. The molecule has 0 amide bonds. The van der Waals surface area contributed by atoms with Crippen molar-refractivity contribution in [3.05, 3.63) is 11.6 Å². The van der Waals surface area contributed by atoms with Gasteiger partial charge in [-0.1, -0.05) is 24.6 Å². The third-order valence-corrected chi connectivity index (χ3v) is 4.39. The van der Waals surface area contributed by atoms with E-state index in [9.17, 15) is 0 Å². The lowest BCUT2D eigenvalue weighted by atomic mass is 9.81. The van der Waals surface area contributed by atoms with Crippen LogP contribution >= 0.6 is 11.6 Å². The Balaban J connectivity index is 1.64. The Morgan fingerprint density at radius 1 is 1.15 bits per heavy atom. The van der Waals surface area contributed by atoms with Gasteiger partial charge in [0, 0.05) is 24.0 Å². The molecule has 0 bridgehead atoms. The Labute approximate surface area is 127 Å². The molecule has 1 saturated heterocycles. The third kappa shape index (κ3) is 5.03. The molecule has 2 fully saturated rings. The summed E-state index contributed by atoms with van der Waals surface area (Å²) in [6.45, 7) is 5.26. The van der Waals surface area contributed by atoms with E-state index >= 15 is 0 Å². The van der Waals surface area contributed by atoms with E-state index in [2.05, 4.69) is 13.0 Å². The zero-order valence-corrected chi connectivity index (χ0v) is 13.2. The molecule has 2 aliphatic rings. The monoisotopic (exact) mass is 302 g/mol. The van der Waals surface area contributed by atoms with Crippen molar-refractivity contribution in [1.82, 2.24) is 0 Å². The van der Waals surface area contributed by atoms with Gasteiger partial charge in [-0.15, -0.1) is 0 Å². The van der Waals surface area contributed by atoms with E-state index in [0.29, 0.717) is 17.8 Å². The fourth-order valence-electron chi connectivity index (χ4n) is 3.03. The zero-order valence-electron chi connectivity index (χ0n) is 12.4. The van der Waals surface area contributed by atoms with Crippen molar-refractivity contribution in [3.8, 4) is 0 Å². The molecule has 0 unspecified atom stereocenters. The minimum Gasteiger partial charge on any atom is -0.381 e. The highest BCUT2D eigenvalue weighted by molar-refractivity contribution is 6.25. The summed E-state index contributed by atoms with van der Waals surface area (Å²) >= 11 is 5.65. The van der Waals surface area contributed by atoms with Gasteiger partial charge in [0.05, 0.1) is 19.8 Å². The second kappa shape index (κ2) is 9.04. The van der Waals surface area contributed by atoms with Crippen molar-refractivity contribution in [1.29, 1.82) is 0 Å². The van der Waals surface area contributed by atoms with Crippen molar-refractivity contribution in [2.75, 3.05) is 26.4 Å². The lowest BCUT2D eigenvalue weighted by molar-refractivity contribution is -0.234. The van der Waals surface area contributed by atoms with E-state index in [4.69, 9.17) is 25.8 Å². The Hall–Kier alpha value is -0.0900. The topological polar surface area (TPSA) is 27.7 Å². The summed E-state index contributed by atoms with van der Waals surface area (Å²) in [5.74, 6) is 1.59. The Kier molecular flexibility index (Phi) is 7.36. The number of ether oxygens (including phenoxy) is 3. The molecule has 1 heterocycles. The average molecular weight is 303 g/mol. The van der Waals surface area contributed by atoms with Crippen LogP contribution in [0, 0.1) is 17.8 Å². The van der Waals surface area contributed by atoms with Gasteiger partial charge in [0.1, 0.15) is 0 Å². The van der Waals surface area contributed by atoms with Gasteiger partial charge >= 0.3 is 0 Å². The van der Waals surface area contributed by atoms with Gasteiger partial charge in [-0.2, -0.15) is 0 Å². The SMILES string of the molecule is CCCOCC1COC(C2CCC(C=CCl)CC2)OC1. The van der Waals surface area contributed by atoms with Crippen LogP contribution in [0.1, 0.15) is 39.0 Å². The van der Waals surface area contributed by atoms with Gasteiger partial charge in [0.2, 0.25) is 0 Å². The fourth-order valence-corrected chi connectivity index (χ4v) is 3.24. The molecule has 0 atom stereocenters. The van der Waals surface area contributed by atoms with Gasteiger partial charge in [-0.3, -0.25) is 0 Å². The van der Waals surface area contributed by atoms with Crippen LogP contribution in [0.2, 0.25) is 0 Å². The average Bonchev–Trinajstić information content (AvgIpc) is 2.49. The van der Waals surface area contributed by atoms with Gasteiger partial charge in [0.25, 0.3) is 0 Å².